The molecule has 0 aliphatic heterocycles. The molecule has 6 rings (SSSR count). The minimum absolute atomic E-state index is 0.149. The molecule has 0 amide bonds. The molecule has 0 saturated heterocycles. The van der Waals surface area contributed by atoms with Crippen molar-refractivity contribution in [2.75, 3.05) is 0 Å². The highest BCUT2D eigenvalue weighted by molar-refractivity contribution is 7.09. The van der Waals surface area contributed by atoms with E-state index in [2.05, 4.69) is 38.0 Å². The number of fused-ring (bicyclic) bond motifs is 1. The highest BCUT2D eigenvalue weighted by Gasteiger charge is 2.56. The third-order valence-corrected chi connectivity index (χ3v) is 12.8. The van der Waals surface area contributed by atoms with Crippen LogP contribution in [0.1, 0.15) is 106 Å². The fourth-order valence-electron chi connectivity index (χ4n) is 8.91. The average molecular weight is 616 g/mol. The van der Waals surface area contributed by atoms with Crippen LogP contribution in [0.4, 0.5) is 0 Å². The number of rotatable bonds is 9. The standard InChI is InChI=1S/C38H49NO4S/c1-24(12-17-34(43-35(42)28-9-6-5-7-10-28)38(19-20-38)36-39-25(2)23-44-36)31-15-16-32-27(11-8-18-37(31,32)4)13-14-29-21-30(40)22-33(41)26(29)3/h5-7,9-10,13-14,23-24,30-34,40-41H,3,8,11-12,15-22H2,1-2,4H3/b27-13+,29-14-/t24-,30-,31-,32+,33+,34-,37-/m1/s1. The van der Waals surface area contributed by atoms with Gasteiger partial charge >= 0.3 is 5.97 Å². The number of hydrogen-bond acceptors (Lipinski definition) is 6. The van der Waals surface area contributed by atoms with E-state index in [4.69, 9.17) is 9.72 Å². The molecule has 44 heavy (non-hydrogen) atoms. The van der Waals surface area contributed by atoms with Crippen molar-refractivity contribution in [1.82, 2.24) is 4.98 Å². The molecule has 0 spiro atoms. The van der Waals surface area contributed by atoms with E-state index < -0.39 is 12.2 Å². The van der Waals surface area contributed by atoms with E-state index in [0.717, 1.165) is 54.0 Å². The first kappa shape index (κ1) is 31.4. The van der Waals surface area contributed by atoms with Gasteiger partial charge in [0, 0.05) is 17.5 Å². The van der Waals surface area contributed by atoms with Gasteiger partial charge in [-0.15, -0.1) is 11.3 Å². The molecule has 4 fully saturated rings. The summed E-state index contributed by atoms with van der Waals surface area (Å²) in [6, 6.07) is 9.39. The highest BCUT2D eigenvalue weighted by Crippen LogP contribution is 2.60. The topological polar surface area (TPSA) is 79.7 Å². The van der Waals surface area contributed by atoms with Crippen molar-refractivity contribution in [3.8, 4) is 0 Å². The van der Waals surface area contributed by atoms with Gasteiger partial charge in [-0.25, -0.2) is 9.78 Å². The number of benzene rings is 1. The Balaban J connectivity index is 1.17. The van der Waals surface area contributed by atoms with E-state index in [-0.39, 0.29) is 22.9 Å². The second-order valence-corrected chi connectivity index (χ2v) is 15.3. The molecule has 1 aromatic heterocycles. The number of aliphatic hydroxyl groups excluding tert-OH is 2. The number of thiazole rings is 1. The predicted octanol–water partition coefficient (Wildman–Crippen LogP) is 8.27. The van der Waals surface area contributed by atoms with Crippen molar-refractivity contribution in [3.05, 3.63) is 87.4 Å². The summed E-state index contributed by atoms with van der Waals surface area (Å²) in [5.41, 5.74) is 5.02. The van der Waals surface area contributed by atoms with E-state index >= 15 is 0 Å². The molecule has 6 heteroatoms. The van der Waals surface area contributed by atoms with Gasteiger partial charge in [-0.1, -0.05) is 56.4 Å². The minimum atomic E-state index is -0.651. The third kappa shape index (κ3) is 6.15. The van der Waals surface area contributed by atoms with Crippen LogP contribution >= 0.6 is 11.3 Å². The van der Waals surface area contributed by atoms with Crippen molar-refractivity contribution in [3.63, 3.8) is 0 Å². The summed E-state index contributed by atoms with van der Waals surface area (Å²) in [5.74, 6) is 1.48. The maximum Gasteiger partial charge on any atom is 0.338 e. The molecule has 0 bridgehead atoms. The van der Waals surface area contributed by atoms with E-state index in [0.29, 0.717) is 36.2 Å². The van der Waals surface area contributed by atoms with Gasteiger partial charge in [-0.05, 0) is 118 Å². The van der Waals surface area contributed by atoms with Gasteiger partial charge in [0.2, 0.25) is 0 Å². The number of aromatic nitrogens is 1. The summed E-state index contributed by atoms with van der Waals surface area (Å²) < 4.78 is 6.37. The van der Waals surface area contributed by atoms with Crippen molar-refractivity contribution in [2.24, 2.45) is 23.2 Å². The highest BCUT2D eigenvalue weighted by atomic mass is 32.1. The molecule has 0 radical (unpaired) electrons. The minimum Gasteiger partial charge on any atom is -0.458 e. The zero-order valence-electron chi connectivity index (χ0n) is 26.6. The van der Waals surface area contributed by atoms with Crippen molar-refractivity contribution in [1.29, 1.82) is 0 Å². The van der Waals surface area contributed by atoms with Gasteiger partial charge < -0.3 is 14.9 Å². The Hall–Kier alpha value is -2.54. The lowest BCUT2D eigenvalue weighted by molar-refractivity contribution is 0.0127. The van der Waals surface area contributed by atoms with E-state index in [1.165, 1.54) is 31.3 Å². The number of carbonyl (C=O) groups excluding carboxylic acids is 1. The van der Waals surface area contributed by atoms with Crippen molar-refractivity contribution >= 4 is 17.3 Å². The lowest BCUT2D eigenvalue weighted by Gasteiger charge is -2.44. The smallest absolute Gasteiger partial charge is 0.338 e. The second kappa shape index (κ2) is 12.7. The summed E-state index contributed by atoms with van der Waals surface area (Å²) in [4.78, 5) is 18.2. The molecule has 1 heterocycles. The van der Waals surface area contributed by atoms with Gasteiger partial charge in [-0.3, -0.25) is 0 Å². The molecule has 4 aliphatic carbocycles. The molecule has 2 aromatic rings. The molecule has 1 aromatic carbocycles. The predicted molar refractivity (Wildman–Crippen MR) is 177 cm³/mol. The normalized spacial score (nSPS) is 32.8. The maximum absolute atomic E-state index is 13.3. The molecule has 2 N–H and O–H groups in total. The monoisotopic (exact) mass is 615 g/mol. The first-order chi connectivity index (χ1) is 21.1. The summed E-state index contributed by atoms with van der Waals surface area (Å²) in [6.45, 7) is 11.1. The zero-order chi connectivity index (χ0) is 31.1. The number of nitrogens with zero attached hydrogens (tertiary/aromatic N) is 1. The van der Waals surface area contributed by atoms with Crippen LogP contribution in [-0.2, 0) is 10.2 Å². The van der Waals surface area contributed by atoms with Crippen LogP contribution in [-0.4, -0.2) is 39.5 Å². The number of aliphatic hydroxyl groups is 2. The molecule has 0 unspecified atom stereocenters. The molecule has 5 nitrogen and oxygen atoms in total. The van der Waals surface area contributed by atoms with Gasteiger partial charge in [0.25, 0.3) is 0 Å². The van der Waals surface area contributed by atoms with Crippen molar-refractivity contribution in [2.45, 2.75) is 115 Å². The molecule has 4 saturated carbocycles. The number of aryl methyl sites for hydroxylation is 1. The van der Waals surface area contributed by atoms with Crippen LogP contribution in [0.3, 0.4) is 0 Å². The lowest BCUT2D eigenvalue weighted by Crippen LogP contribution is -2.37. The Bertz CT molecular complexity index is 1420. The Kier molecular flexibility index (Phi) is 9.07. The molecule has 7 atom stereocenters. The quantitative estimate of drug-likeness (QED) is 0.278. The Labute approximate surface area is 267 Å². The van der Waals surface area contributed by atoms with Gasteiger partial charge in [0.05, 0.1) is 23.2 Å². The number of allylic oxidation sites excluding steroid dienone is 3. The van der Waals surface area contributed by atoms with E-state index in [9.17, 15) is 15.0 Å². The number of ether oxygens (including phenoxy) is 1. The van der Waals surface area contributed by atoms with Crippen LogP contribution < -0.4 is 0 Å². The van der Waals surface area contributed by atoms with Gasteiger partial charge in [0.15, 0.2) is 0 Å². The number of hydrogen-bond donors (Lipinski definition) is 2. The van der Waals surface area contributed by atoms with Crippen LogP contribution in [0.25, 0.3) is 0 Å². The van der Waals surface area contributed by atoms with Gasteiger partial charge in [-0.2, -0.15) is 0 Å². The molecule has 4 aliphatic rings. The van der Waals surface area contributed by atoms with Gasteiger partial charge in [0.1, 0.15) is 11.1 Å². The third-order valence-electron chi connectivity index (χ3n) is 11.6. The van der Waals surface area contributed by atoms with E-state index in [1.807, 2.05) is 37.3 Å². The summed E-state index contributed by atoms with van der Waals surface area (Å²) >= 11 is 1.71. The summed E-state index contributed by atoms with van der Waals surface area (Å²) in [6.07, 6.45) is 14.0. The first-order valence-electron chi connectivity index (χ1n) is 16.7. The Morgan fingerprint density at radius 1 is 1.16 bits per heavy atom. The molecular weight excluding hydrogens is 566 g/mol. The Morgan fingerprint density at radius 3 is 2.64 bits per heavy atom. The fourth-order valence-corrected chi connectivity index (χ4v) is 10.0. The largest absolute Gasteiger partial charge is 0.458 e. The number of esters is 1. The van der Waals surface area contributed by atoms with Crippen LogP contribution in [0, 0.1) is 30.1 Å². The second-order valence-electron chi connectivity index (χ2n) is 14.4. The average Bonchev–Trinajstić information content (AvgIpc) is 3.56. The summed E-state index contributed by atoms with van der Waals surface area (Å²) in [5, 5.41) is 23.8. The van der Waals surface area contributed by atoms with Crippen LogP contribution in [0.2, 0.25) is 0 Å². The van der Waals surface area contributed by atoms with Crippen molar-refractivity contribution < 1.29 is 19.7 Å². The number of carbonyl (C=O) groups is 1. The molecule has 236 valence electrons. The lowest BCUT2D eigenvalue weighted by atomic mass is 9.60. The fraction of sp³-hybridized carbons (Fsp3) is 0.579. The zero-order valence-corrected chi connectivity index (χ0v) is 27.5. The van der Waals surface area contributed by atoms with Crippen LogP contribution in [0.15, 0.2) is 71.2 Å². The Morgan fingerprint density at radius 2 is 1.93 bits per heavy atom. The first-order valence-corrected chi connectivity index (χ1v) is 17.6. The van der Waals surface area contributed by atoms with Crippen LogP contribution in [0.5, 0.6) is 0 Å². The molecular formula is C38H49NO4S. The van der Waals surface area contributed by atoms with E-state index in [1.54, 1.807) is 11.3 Å². The summed E-state index contributed by atoms with van der Waals surface area (Å²) in [7, 11) is 0. The SMILES string of the molecule is C=C1/C(=C\C=C2/CCC[C@]3(C)[C@@H]([C@H](C)CC[C@@H](OC(=O)c4ccccc4)C4(c5nc(C)cs5)CC4)CC[C@@H]23)C[C@@H](O)C[C@@H]1O. The maximum atomic E-state index is 13.3.